The van der Waals surface area contributed by atoms with Crippen molar-refractivity contribution in [2.45, 2.75) is 46.0 Å². The Morgan fingerprint density at radius 1 is 1.00 bits per heavy atom. The summed E-state index contributed by atoms with van der Waals surface area (Å²) in [5.74, 6) is 7.29. The molecule has 2 aromatic rings. The fraction of sp³-hybridized carbons (Fsp3) is 0.412. The molecule has 4 heteroatoms. The Kier molecular flexibility index (Phi) is 3.88. The quantitative estimate of drug-likeness (QED) is 0.504. The van der Waals surface area contributed by atoms with E-state index in [0.29, 0.717) is 0 Å². The summed E-state index contributed by atoms with van der Waals surface area (Å²) in [6.45, 7) is 4.21. The molecule has 1 aromatic heterocycles. The van der Waals surface area contributed by atoms with Crippen molar-refractivity contribution in [2.75, 3.05) is 5.43 Å². The van der Waals surface area contributed by atoms with E-state index in [2.05, 4.69) is 37.5 Å². The highest BCUT2D eigenvalue weighted by molar-refractivity contribution is 5.66. The van der Waals surface area contributed by atoms with Crippen molar-refractivity contribution in [2.24, 2.45) is 5.84 Å². The highest BCUT2D eigenvalue weighted by Gasteiger charge is 2.18. The van der Waals surface area contributed by atoms with E-state index in [4.69, 9.17) is 15.8 Å². The van der Waals surface area contributed by atoms with Crippen molar-refractivity contribution >= 4 is 5.82 Å². The number of benzene rings is 1. The van der Waals surface area contributed by atoms with Gasteiger partial charge in [0.2, 0.25) is 0 Å². The van der Waals surface area contributed by atoms with Gasteiger partial charge in [0.25, 0.3) is 0 Å². The van der Waals surface area contributed by atoms with Crippen LogP contribution < -0.4 is 11.3 Å². The number of aryl methyl sites for hydroxylation is 3. The number of nitrogens with two attached hydrogens (primary N) is 1. The van der Waals surface area contributed by atoms with Crippen LogP contribution in [0.3, 0.4) is 0 Å². The van der Waals surface area contributed by atoms with Crippen LogP contribution in [0.2, 0.25) is 0 Å². The predicted octanol–water partition coefficient (Wildman–Crippen LogP) is 3.31. The molecule has 1 aromatic carbocycles. The minimum absolute atomic E-state index is 0.791. The second-order valence-corrected chi connectivity index (χ2v) is 5.79. The van der Waals surface area contributed by atoms with Crippen LogP contribution in [0.15, 0.2) is 18.2 Å². The SMILES string of the molecule is Cc1cccc(C)c1-c1nc2c(c(NN)n1)CCCCC2. The maximum atomic E-state index is 5.71. The van der Waals surface area contributed by atoms with Crippen molar-refractivity contribution in [1.82, 2.24) is 9.97 Å². The number of nitrogen functional groups attached to an aromatic ring is 1. The van der Waals surface area contributed by atoms with Crippen LogP contribution >= 0.6 is 0 Å². The highest BCUT2D eigenvalue weighted by Crippen LogP contribution is 2.30. The van der Waals surface area contributed by atoms with Gasteiger partial charge >= 0.3 is 0 Å². The molecule has 21 heavy (non-hydrogen) atoms. The number of nitrogens with zero attached hydrogens (tertiary/aromatic N) is 2. The van der Waals surface area contributed by atoms with Gasteiger partial charge in [-0.2, -0.15) is 0 Å². The monoisotopic (exact) mass is 282 g/mol. The third-order valence-electron chi connectivity index (χ3n) is 4.27. The Hall–Kier alpha value is -1.94. The average molecular weight is 282 g/mol. The molecule has 0 atom stereocenters. The number of fused-ring (bicyclic) bond motifs is 1. The van der Waals surface area contributed by atoms with Crippen LogP contribution in [-0.4, -0.2) is 9.97 Å². The molecule has 110 valence electrons. The number of nitrogens with one attached hydrogen (secondary N) is 1. The number of aromatic nitrogens is 2. The molecule has 1 aliphatic rings. The molecule has 0 saturated heterocycles. The van der Waals surface area contributed by atoms with Crippen LogP contribution in [0, 0.1) is 13.8 Å². The van der Waals surface area contributed by atoms with Gasteiger partial charge in [0.05, 0.1) is 0 Å². The van der Waals surface area contributed by atoms with Gasteiger partial charge in [-0.15, -0.1) is 0 Å². The first-order valence-corrected chi connectivity index (χ1v) is 7.63. The minimum Gasteiger partial charge on any atom is -0.308 e. The molecular formula is C17H22N4. The summed E-state index contributed by atoms with van der Waals surface area (Å²) in [4.78, 5) is 9.56. The molecule has 0 aliphatic heterocycles. The Balaban J connectivity index is 2.18. The van der Waals surface area contributed by atoms with Crippen molar-refractivity contribution in [3.05, 3.63) is 40.6 Å². The van der Waals surface area contributed by atoms with Gasteiger partial charge in [-0.3, -0.25) is 0 Å². The fourth-order valence-electron chi connectivity index (χ4n) is 3.17. The lowest BCUT2D eigenvalue weighted by Gasteiger charge is -2.15. The topological polar surface area (TPSA) is 63.8 Å². The van der Waals surface area contributed by atoms with Gasteiger partial charge in [-0.25, -0.2) is 15.8 Å². The molecule has 0 bridgehead atoms. The zero-order valence-electron chi connectivity index (χ0n) is 12.7. The Labute approximate surface area is 125 Å². The fourth-order valence-corrected chi connectivity index (χ4v) is 3.17. The van der Waals surface area contributed by atoms with Crippen molar-refractivity contribution in [3.8, 4) is 11.4 Å². The molecule has 0 spiro atoms. The van der Waals surface area contributed by atoms with Crippen molar-refractivity contribution < 1.29 is 0 Å². The number of rotatable bonds is 2. The zero-order chi connectivity index (χ0) is 14.8. The lowest BCUT2D eigenvalue weighted by atomic mass is 10.0. The molecular weight excluding hydrogens is 260 g/mol. The standard InChI is InChI=1S/C17H22N4/c1-11-7-6-8-12(2)15(11)17-19-14-10-5-3-4-9-13(14)16(20-17)21-18/h6-8H,3-5,9-10,18H2,1-2H3,(H,19,20,21). The number of hydrazine groups is 1. The number of anilines is 1. The van der Waals surface area contributed by atoms with Crippen LogP contribution in [0.1, 0.15) is 41.6 Å². The Bertz CT molecular complexity index is 644. The maximum Gasteiger partial charge on any atom is 0.162 e. The van der Waals surface area contributed by atoms with Gasteiger partial charge in [0, 0.05) is 16.8 Å². The van der Waals surface area contributed by atoms with E-state index >= 15 is 0 Å². The Morgan fingerprint density at radius 3 is 2.43 bits per heavy atom. The summed E-state index contributed by atoms with van der Waals surface area (Å²) in [6.07, 6.45) is 5.67. The lowest BCUT2D eigenvalue weighted by Crippen LogP contribution is -2.14. The normalized spacial score (nSPS) is 14.4. The molecule has 3 N–H and O–H groups in total. The van der Waals surface area contributed by atoms with Crippen LogP contribution in [-0.2, 0) is 12.8 Å². The smallest absolute Gasteiger partial charge is 0.162 e. The third-order valence-corrected chi connectivity index (χ3v) is 4.27. The zero-order valence-corrected chi connectivity index (χ0v) is 12.7. The van der Waals surface area contributed by atoms with Crippen LogP contribution in [0.5, 0.6) is 0 Å². The number of hydrogen-bond acceptors (Lipinski definition) is 4. The lowest BCUT2D eigenvalue weighted by molar-refractivity contribution is 0.709. The van der Waals surface area contributed by atoms with Gasteiger partial charge < -0.3 is 5.43 Å². The summed E-state index contributed by atoms with van der Waals surface area (Å²) in [5, 5.41) is 0. The van der Waals surface area contributed by atoms with Gasteiger partial charge in [-0.1, -0.05) is 24.6 Å². The number of hydrogen-bond donors (Lipinski definition) is 2. The molecule has 3 rings (SSSR count). The molecule has 0 radical (unpaired) electrons. The molecule has 4 nitrogen and oxygen atoms in total. The van der Waals surface area contributed by atoms with E-state index in [1.54, 1.807) is 0 Å². The minimum atomic E-state index is 0.791. The summed E-state index contributed by atoms with van der Waals surface area (Å²) >= 11 is 0. The van der Waals surface area contributed by atoms with E-state index in [9.17, 15) is 0 Å². The second-order valence-electron chi connectivity index (χ2n) is 5.79. The summed E-state index contributed by atoms with van der Waals surface area (Å²) in [5.41, 5.74) is 8.67. The molecule has 0 fully saturated rings. The summed E-state index contributed by atoms with van der Waals surface area (Å²) < 4.78 is 0. The van der Waals surface area contributed by atoms with Gasteiger partial charge in [0.15, 0.2) is 5.82 Å². The average Bonchev–Trinajstić information content (AvgIpc) is 2.71. The highest BCUT2D eigenvalue weighted by atomic mass is 15.3. The molecule has 1 aliphatic carbocycles. The molecule has 0 saturated carbocycles. The molecule has 0 unspecified atom stereocenters. The largest absolute Gasteiger partial charge is 0.308 e. The Morgan fingerprint density at radius 2 is 1.71 bits per heavy atom. The van der Waals surface area contributed by atoms with Crippen molar-refractivity contribution in [1.29, 1.82) is 0 Å². The first-order chi connectivity index (χ1) is 10.2. The van der Waals surface area contributed by atoms with Crippen LogP contribution in [0.4, 0.5) is 5.82 Å². The maximum absolute atomic E-state index is 5.71. The molecule has 0 amide bonds. The summed E-state index contributed by atoms with van der Waals surface area (Å²) in [6, 6.07) is 6.28. The third kappa shape index (κ3) is 2.63. The van der Waals surface area contributed by atoms with E-state index in [1.807, 2.05) is 0 Å². The van der Waals surface area contributed by atoms with Crippen molar-refractivity contribution in [3.63, 3.8) is 0 Å². The van der Waals surface area contributed by atoms with Gasteiger partial charge in [-0.05, 0) is 50.7 Å². The van der Waals surface area contributed by atoms with E-state index < -0.39 is 0 Å². The molecule has 1 heterocycles. The first kappa shape index (κ1) is 14.0. The first-order valence-electron chi connectivity index (χ1n) is 7.63. The van der Waals surface area contributed by atoms with Crippen LogP contribution in [0.25, 0.3) is 11.4 Å². The van der Waals surface area contributed by atoms with E-state index in [0.717, 1.165) is 35.7 Å². The second kappa shape index (κ2) is 5.82. The predicted molar refractivity (Wildman–Crippen MR) is 86.0 cm³/mol. The van der Waals surface area contributed by atoms with Gasteiger partial charge in [0.1, 0.15) is 5.82 Å². The summed E-state index contributed by atoms with van der Waals surface area (Å²) in [7, 11) is 0. The van der Waals surface area contributed by atoms with E-state index in [-0.39, 0.29) is 0 Å². The van der Waals surface area contributed by atoms with E-state index in [1.165, 1.54) is 36.0 Å².